The molecule has 1 aromatic carbocycles. The number of nitrogens with zero attached hydrogens (tertiary/aromatic N) is 3. The number of amidine groups is 1. The number of hydrogen-bond donors (Lipinski definition) is 2. The van der Waals surface area contributed by atoms with Crippen LogP contribution < -0.4 is 10.6 Å². The molecule has 0 bridgehead atoms. The van der Waals surface area contributed by atoms with Gasteiger partial charge in [-0.25, -0.2) is 4.98 Å². The normalized spacial score (nSPS) is 15.2. The Morgan fingerprint density at radius 1 is 1.08 bits per heavy atom. The fraction of sp³-hybridized carbons (Fsp3) is 0.368. The second kappa shape index (κ2) is 8.48. The summed E-state index contributed by atoms with van der Waals surface area (Å²) in [5.41, 5.74) is 8.55. The summed E-state index contributed by atoms with van der Waals surface area (Å²) >= 11 is 0. The lowest BCUT2D eigenvalue weighted by molar-refractivity contribution is 0.130. The van der Waals surface area contributed by atoms with E-state index >= 15 is 0 Å². The van der Waals surface area contributed by atoms with Gasteiger partial charge in [-0.15, -0.1) is 0 Å². The van der Waals surface area contributed by atoms with Crippen molar-refractivity contribution in [2.75, 3.05) is 18.0 Å². The highest BCUT2D eigenvalue weighted by Gasteiger charge is 2.12. The summed E-state index contributed by atoms with van der Waals surface area (Å²) in [6.07, 6.45) is 5.48. The van der Waals surface area contributed by atoms with Crippen LogP contribution >= 0.6 is 0 Å². The van der Waals surface area contributed by atoms with Crippen LogP contribution in [0.15, 0.2) is 47.8 Å². The smallest absolute Gasteiger partial charge is 0.171 e. The lowest BCUT2D eigenvalue weighted by Gasteiger charge is -2.27. The number of rotatable bonds is 6. The van der Waals surface area contributed by atoms with Crippen LogP contribution in [0.1, 0.15) is 36.0 Å². The summed E-state index contributed by atoms with van der Waals surface area (Å²) in [7, 11) is 0. The maximum atomic E-state index is 9.03. The van der Waals surface area contributed by atoms with E-state index in [9.17, 15) is 0 Å². The van der Waals surface area contributed by atoms with Crippen molar-refractivity contribution in [3.8, 4) is 0 Å². The van der Waals surface area contributed by atoms with Crippen molar-refractivity contribution < 1.29 is 9.94 Å². The number of pyridine rings is 1. The van der Waals surface area contributed by atoms with Crippen LogP contribution in [0, 0.1) is 0 Å². The minimum absolute atomic E-state index is 0.0344. The third kappa shape index (κ3) is 4.70. The molecule has 6 nitrogen and oxygen atoms in total. The largest absolute Gasteiger partial charge is 0.392 e. The molecule has 0 atom stereocenters. The fourth-order valence-corrected chi connectivity index (χ4v) is 2.82. The second-order valence-electron chi connectivity index (χ2n) is 6.18. The molecule has 0 unspecified atom stereocenters. The molecule has 0 spiro atoms. The van der Waals surface area contributed by atoms with E-state index in [2.05, 4.69) is 15.0 Å². The van der Waals surface area contributed by atoms with Crippen molar-refractivity contribution in [3.63, 3.8) is 0 Å². The van der Waals surface area contributed by atoms with E-state index in [4.69, 9.17) is 15.7 Å². The summed E-state index contributed by atoms with van der Waals surface area (Å²) in [4.78, 5) is 12.1. The molecule has 25 heavy (non-hydrogen) atoms. The highest BCUT2D eigenvalue weighted by molar-refractivity contribution is 5.96. The van der Waals surface area contributed by atoms with Crippen molar-refractivity contribution in [2.45, 2.75) is 32.5 Å². The summed E-state index contributed by atoms with van der Waals surface area (Å²) < 4.78 is 0. The number of aromatic nitrogens is 1. The number of hydrogen-bond acceptors (Lipinski definition) is 5. The number of aliphatic hydroxyl groups is 1. The maximum Gasteiger partial charge on any atom is 0.171 e. The van der Waals surface area contributed by atoms with Crippen LogP contribution in [-0.4, -0.2) is 29.0 Å². The summed E-state index contributed by atoms with van der Waals surface area (Å²) in [6.45, 7) is 2.49. The van der Waals surface area contributed by atoms with E-state index in [1.165, 1.54) is 19.3 Å². The van der Waals surface area contributed by atoms with Crippen molar-refractivity contribution in [1.29, 1.82) is 0 Å². The van der Waals surface area contributed by atoms with Crippen LogP contribution in [0.2, 0.25) is 0 Å². The molecule has 3 N–H and O–H groups in total. The molecule has 0 amide bonds. The lowest BCUT2D eigenvalue weighted by atomic mass is 10.1. The Balaban J connectivity index is 1.55. The first-order valence-electron chi connectivity index (χ1n) is 8.62. The molecule has 0 saturated carbocycles. The van der Waals surface area contributed by atoms with Gasteiger partial charge in [-0.1, -0.05) is 29.4 Å². The molecule has 1 aliphatic heterocycles. The molecule has 1 aromatic heterocycles. The van der Waals surface area contributed by atoms with E-state index in [-0.39, 0.29) is 6.61 Å². The van der Waals surface area contributed by atoms with E-state index in [0.717, 1.165) is 35.6 Å². The molecule has 0 aliphatic carbocycles. The third-order valence-corrected chi connectivity index (χ3v) is 4.32. The minimum atomic E-state index is 0.0344. The van der Waals surface area contributed by atoms with E-state index in [1.807, 2.05) is 36.4 Å². The summed E-state index contributed by atoms with van der Waals surface area (Å²) in [5, 5.41) is 13.0. The molecule has 1 saturated heterocycles. The summed E-state index contributed by atoms with van der Waals surface area (Å²) in [5.74, 6) is 1.30. The molecule has 3 rings (SSSR count). The molecular weight excluding hydrogens is 316 g/mol. The fourth-order valence-electron chi connectivity index (χ4n) is 2.82. The average Bonchev–Trinajstić information content (AvgIpc) is 2.69. The second-order valence-corrected chi connectivity index (χ2v) is 6.18. The number of benzene rings is 1. The van der Waals surface area contributed by atoms with Gasteiger partial charge in [0.25, 0.3) is 0 Å². The Hall–Kier alpha value is -2.60. The van der Waals surface area contributed by atoms with Crippen molar-refractivity contribution in [1.82, 2.24) is 4.98 Å². The first-order chi connectivity index (χ1) is 12.3. The van der Waals surface area contributed by atoms with Crippen LogP contribution in [0.3, 0.4) is 0 Å². The number of aliphatic hydroxyl groups excluding tert-OH is 1. The Morgan fingerprint density at radius 3 is 2.44 bits per heavy atom. The van der Waals surface area contributed by atoms with Gasteiger partial charge in [0.15, 0.2) is 5.84 Å². The predicted octanol–water partition coefficient (Wildman–Crippen LogP) is 2.40. The number of nitrogens with two attached hydrogens (primary N) is 1. The minimum Gasteiger partial charge on any atom is -0.392 e. The highest BCUT2D eigenvalue weighted by atomic mass is 16.6. The van der Waals surface area contributed by atoms with Gasteiger partial charge in [0.2, 0.25) is 0 Å². The van der Waals surface area contributed by atoms with Gasteiger partial charge in [-0.2, -0.15) is 0 Å². The van der Waals surface area contributed by atoms with Gasteiger partial charge >= 0.3 is 0 Å². The SMILES string of the molecule is N/C(=N/OCc1ccc(CO)cc1)c1ccc(N2CCCCC2)nc1. The molecule has 1 aliphatic rings. The molecule has 2 heterocycles. The molecule has 2 aromatic rings. The third-order valence-electron chi connectivity index (χ3n) is 4.32. The lowest BCUT2D eigenvalue weighted by Crippen LogP contribution is -2.30. The Morgan fingerprint density at radius 2 is 1.80 bits per heavy atom. The Labute approximate surface area is 147 Å². The van der Waals surface area contributed by atoms with Gasteiger partial charge in [0.1, 0.15) is 12.4 Å². The van der Waals surface area contributed by atoms with Gasteiger partial charge in [0.05, 0.1) is 6.61 Å². The van der Waals surface area contributed by atoms with Gasteiger partial charge in [-0.05, 0) is 42.5 Å². The monoisotopic (exact) mass is 340 g/mol. The van der Waals surface area contributed by atoms with Crippen molar-refractivity contribution in [2.24, 2.45) is 10.9 Å². The molecule has 0 radical (unpaired) electrons. The van der Waals surface area contributed by atoms with E-state index < -0.39 is 0 Å². The van der Waals surface area contributed by atoms with E-state index in [1.54, 1.807) is 6.20 Å². The number of oxime groups is 1. The molecule has 6 heteroatoms. The van der Waals surface area contributed by atoms with Crippen LogP contribution in [0.4, 0.5) is 5.82 Å². The predicted molar refractivity (Wildman–Crippen MR) is 98.2 cm³/mol. The zero-order chi connectivity index (χ0) is 17.5. The van der Waals surface area contributed by atoms with E-state index in [0.29, 0.717) is 12.4 Å². The van der Waals surface area contributed by atoms with Gasteiger partial charge in [0, 0.05) is 24.8 Å². The Kier molecular flexibility index (Phi) is 5.85. The first kappa shape index (κ1) is 17.2. The zero-order valence-corrected chi connectivity index (χ0v) is 14.3. The topological polar surface area (TPSA) is 84.0 Å². The van der Waals surface area contributed by atoms with Crippen LogP contribution in [0.25, 0.3) is 0 Å². The summed E-state index contributed by atoms with van der Waals surface area (Å²) in [6, 6.07) is 11.4. The zero-order valence-electron chi connectivity index (χ0n) is 14.3. The van der Waals surface area contributed by atoms with Crippen LogP contribution in [-0.2, 0) is 18.1 Å². The molecular formula is C19H24N4O2. The van der Waals surface area contributed by atoms with Crippen molar-refractivity contribution >= 4 is 11.7 Å². The first-order valence-corrected chi connectivity index (χ1v) is 8.62. The Bertz CT molecular complexity index is 692. The molecule has 1 fully saturated rings. The number of piperidine rings is 1. The van der Waals surface area contributed by atoms with Crippen molar-refractivity contribution in [3.05, 3.63) is 59.3 Å². The highest BCUT2D eigenvalue weighted by Crippen LogP contribution is 2.17. The quantitative estimate of drug-likeness (QED) is 0.479. The average molecular weight is 340 g/mol. The van der Waals surface area contributed by atoms with Gasteiger partial charge < -0.3 is 20.6 Å². The standard InChI is InChI=1S/C19H24N4O2/c20-19(22-25-14-16-6-4-15(13-24)5-7-16)17-8-9-18(21-12-17)23-10-2-1-3-11-23/h4-9,12,24H,1-3,10-11,13-14H2,(H2,20,22). The van der Waals surface area contributed by atoms with Crippen LogP contribution in [0.5, 0.6) is 0 Å². The molecule has 132 valence electrons. The van der Waals surface area contributed by atoms with Gasteiger partial charge in [-0.3, -0.25) is 0 Å². The number of anilines is 1. The maximum absolute atomic E-state index is 9.03.